The zero-order valence-electron chi connectivity index (χ0n) is 10.4. The van der Waals surface area contributed by atoms with Crippen molar-refractivity contribution >= 4 is 27.5 Å². The highest BCUT2D eigenvalue weighted by Gasteiger charge is 2.05. The molecule has 2 aromatic carbocycles. The molecule has 0 bridgehead atoms. The minimum Gasteiger partial charge on any atom is -0.489 e. The average Bonchev–Trinajstić information content (AvgIpc) is 2.38. The summed E-state index contributed by atoms with van der Waals surface area (Å²) in [5.41, 5.74) is 1.76. The number of hydrogen-bond donors (Lipinski definition) is 1. The van der Waals surface area contributed by atoms with Crippen LogP contribution < -0.4 is 4.74 Å². The van der Waals surface area contributed by atoms with E-state index >= 15 is 0 Å². The minimum absolute atomic E-state index is 0.398. The van der Waals surface area contributed by atoms with Gasteiger partial charge in [-0.05, 0) is 36.8 Å². The van der Waals surface area contributed by atoms with Gasteiger partial charge in [-0.3, -0.25) is 0 Å². The summed E-state index contributed by atoms with van der Waals surface area (Å²) in [5, 5.41) is 10.2. The first-order chi connectivity index (χ1) is 9.06. The van der Waals surface area contributed by atoms with Gasteiger partial charge >= 0.3 is 0 Å². The maximum atomic E-state index is 9.53. The van der Waals surface area contributed by atoms with Gasteiger partial charge in [-0.1, -0.05) is 45.7 Å². The van der Waals surface area contributed by atoms with Crippen LogP contribution in [-0.4, -0.2) is 5.11 Å². The number of aliphatic hydroxyl groups is 1. The molecule has 0 aliphatic heterocycles. The van der Waals surface area contributed by atoms with Crippen LogP contribution in [0.3, 0.4) is 0 Å². The third kappa shape index (κ3) is 3.96. The van der Waals surface area contributed by atoms with Gasteiger partial charge in [-0.15, -0.1) is 0 Å². The summed E-state index contributed by atoms with van der Waals surface area (Å²) in [6.45, 7) is 2.13. The number of halogens is 2. The van der Waals surface area contributed by atoms with E-state index in [4.69, 9.17) is 16.3 Å². The first-order valence-corrected chi connectivity index (χ1v) is 7.08. The molecule has 0 saturated heterocycles. The number of rotatable bonds is 4. The quantitative estimate of drug-likeness (QED) is 0.870. The van der Waals surface area contributed by atoms with Crippen molar-refractivity contribution < 1.29 is 9.84 Å². The second-order valence-electron chi connectivity index (χ2n) is 4.27. The highest BCUT2D eigenvalue weighted by molar-refractivity contribution is 9.10. The standard InChI is InChI=1S/C15H14BrClO2/c1-10(18)11-3-2-4-14(7-11)19-9-12-5-6-13(16)8-15(12)17/h2-8,10,18H,9H2,1H3/t10-/m0/s1. The molecule has 0 saturated carbocycles. The number of hydrogen-bond acceptors (Lipinski definition) is 2. The lowest BCUT2D eigenvalue weighted by atomic mass is 10.1. The van der Waals surface area contributed by atoms with Crippen molar-refractivity contribution in [3.8, 4) is 5.75 Å². The molecule has 100 valence electrons. The summed E-state index contributed by atoms with van der Waals surface area (Å²) >= 11 is 9.49. The van der Waals surface area contributed by atoms with Gasteiger partial charge in [0.1, 0.15) is 12.4 Å². The molecule has 2 rings (SSSR count). The first kappa shape index (κ1) is 14.4. The average molecular weight is 342 g/mol. The van der Waals surface area contributed by atoms with E-state index in [0.717, 1.165) is 21.3 Å². The van der Waals surface area contributed by atoms with E-state index in [1.165, 1.54) is 0 Å². The first-order valence-electron chi connectivity index (χ1n) is 5.91. The van der Waals surface area contributed by atoms with E-state index in [1.807, 2.05) is 42.5 Å². The Hall–Kier alpha value is -1.03. The fraction of sp³-hybridized carbons (Fsp3) is 0.200. The maximum absolute atomic E-state index is 9.53. The van der Waals surface area contributed by atoms with Crippen LogP contribution in [0.1, 0.15) is 24.2 Å². The lowest BCUT2D eigenvalue weighted by Gasteiger charge is -2.10. The second-order valence-corrected chi connectivity index (χ2v) is 5.60. The Kier molecular flexibility index (Phi) is 4.86. The summed E-state index contributed by atoms with van der Waals surface area (Å²) in [6.07, 6.45) is -0.500. The molecule has 1 atom stereocenters. The van der Waals surface area contributed by atoms with Crippen molar-refractivity contribution in [2.24, 2.45) is 0 Å². The maximum Gasteiger partial charge on any atom is 0.120 e. The fourth-order valence-corrected chi connectivity index (χ4v) is 2.39. The lowest BCUT2D eigenvalue weighted by Crippen LogP contribution is -1.98. The van der Waals surface area contributed by atoms with Crippen LogP contribution in [0.4, 0.5) is 0 Å². The van der Waals surface area contributed by atoms with Crippen LogP contribution in [-0.2, 0) is 6.61 Å². The minimum atomic E-state index is -0.500. The molecule has 1 N–H and O–H groups in total. The third-order valence-corrected chi connectivity index (χ3v) is 3.60. The summed E-state index contributed by atoms with van der Waals surface area (Å²) in [7, 11) is 0. The molecule has 2 nitrogen and oxygen atoms in total. The Balaban J connectivity index is 2.08. The molecule has 0 aliphatic carbocycles. The highest BCUT2D eigenvalue weighted by atomic mass is 79.9. The molecule has 0 aliphatic rings. The molecule has 0 fully saturated rings. The van der Waals surface area contributed by atoms with Gasteiger partial charge in [-0.2, -0.15) is 0 Å². The van der Waals surface area contributed by atoms with Crippen LogP contribution >= 0.6 is 27.5 Å². The molecule has 19 heavy (non-hydrogen) atoms. The zero-order valence-corrected chi connectivity index (χ0v) is 12.8. The Morgan fingerprint density at radius 1 is 1.26 bits per heavy atom. The van der Waals surface area contributed by atoms with Crippen molar-refractivity contribution in [1.29, 1.82) is 0 Å². The van der Waals surface area contributed by atoms with Crippen LogP contribution in [0.15, 0.2) is 46.9 Å². The normalized spacial score (nSPS) is 12.2. The molecule has 0 radical (unpaired) electrons. The fourth-order valence-electron chi connectivity index (χ4n) is 1.66. The van der Waals surface area contributed by atoms with E-state index in [0.29, 0.717) is 11.6 Å². The van der Waals surface area contributed by atoms with Crippen molar-refractivity contribution in [3.05, 3.63) is 63.1 Å². The summed E-state index contributed by atoms with van der Waals surface area (Å²) in [5.74, 6) is 0.720. The zero-order chi connectivity index (χ0) is 13.8. The summed E-state index contributed by atoms with van der Waals surface area (Å²) in [6, 6.07) is 13.1. The van der Waals surface area contributed by atoms with Gasteiger partial charge in [0.15, 0.2) is 0 Å². The molecular formula is C15H14BrClO2. The SMILES string of the molecule is C[C@H](O)c1cccc(OCc2ccc(Br)cc2Cl)c1. The van der Waals surface area contributed by atoms with Gasteiger partial charge in [0.25, 0.3) is 0 Å². The molecule has 0 heterocycles. The smallest absolute Gasteiger partial charge is 0.120 e. The highest BCUT2D eigenvalue weighted by Crippen LogP contribution is 2.24. The van der Waals surface area contributed by atoms with E-state index < -0.39 is 6.10 Å². The Labute approximate surface area is 126 Å². The van der Waals surface area contributed by atoms with E-state index in [2.05, 4.69) is 15.9 Å². The Morgan fingerprint density at radius 2 is 2.05 bits per heavy atom. The Morgan fingerprint density at radius 3 is 2.74 bits per heavy atom. The molecule has 0 amide bonds. The van der Waals surface area contributed by atoms with Crippen molar-refractivity contribution in [1.82, 2.24) is 0 Å². The second kappa shape index (κ2) is 6.42. The van der Waals surface area contributed by atoms with E-state index in [-0.39, 0.29) is 0 Å². The largest absolute Gasteiger partial charge is 0.489 e. The van der Waals surface area contributed by atoms with Crippen LogP contribution in [0.5, 0.6) is 5.75 Å². The Bertz CT molecular complexity index is 570. The van der Waals surface area contributed by atoms with E-state index in [1.54, 1.807) is 6.92 Å². The van der Waals surface area contributed by atoms with Gasteiger partial charge in [-0.25, -0.2) is 0 Å². The van der Waals surface area contributed by atoms with Gasteiger partial charge in [0.2, 0.25) is 0 Å². The van der Waals surface area contributed by atoms with Crippen LogP contribution in [0, 0.1) is 0 Å². The molecule has 0 unspecified atom stereocenters. The summed E-state index contributed by atoms with van der Waals surface area (Å²) < 4.78 is 6.63. The number of aliphatic hydroxyl groups excluding tert-OH is 1. The van der Waals surface area contributed by atoms with Gasteiger partial charge in [0, 0.05) is 15.1 Å². The number of ether oxygens (including phenoxy) is 1. The van der Waals surface area contributed by atoms with Crippen molar-refractivity contribution in [2.75, 3.05) is 0 Å². The molecule has 0 aromatic heterocycles. The molecule has 4 heteroatoms. The van der Waals surface area contributed by atoms with Crippen molar-refractivity contribution in [2.45, 2.75) is 19.6 Å². The predicted octanol–water partition coefficient (Wildman–Crippen LogP) is 4.73. The molecule has 2 aromatic rings. The van der Waals surface area contributed by atoms with Crippen molar-refractivity contribution in [3.63, 3.8) is 0 Å². The predicted molar refractivity (Wildman–Crippen MR) is 80.6 cm³/mol. The van der Waals surface area contributed by atoms with Gasteiger partial charge < -0.3 is 9.84 Å². The lowest BCUT2D eigenvalue weighted by molar-refractivity contribution is 0.198. The molecular weight excluding hydrogens is 328 g/mol. The third-order valence-electron chi connectivity index (χ3n) is 2.75. The summed E-state index contributed by atoms with van der Waals surface area (Å²) in [4.78, 5) is 0. The molecule has 0 spiro atoms. The topological polar surface area (TPSA) is 29.5 Å². The van der Waals surface area contributed by atoms with Crippen LogP contribution in [0.2, 0.25) is 5.02 Å². The van der Waals surface area contributed by atoms with E-state index in [9.17, 15) is 5.11 Å². The van der Waals surface area contributed by atoms with Gasteiger partial charge in [0.05, 0.1) is 6.10 Å². The monoisotopic (exact) mass is 340 g/mol. The van der Waals surface area contributed by atoms with Crippen LogP contribution in [0.25, 0.3) is 0 Å². The number of benzene rings is 2.